The third-order valence-corrected chi connectivity index (χ3v) is 2.15. The number of rotatable bonds is 2. The molecule has 0 aliphatic rings. The number of aromatic nitrogens is 2. The van der Waals surface area contributed by atoms with Crippen LogP contribution in [-0.2, 0) is 0 Å². The Bertz CT molecular complexity index is 427. The molecule has 2 aromatic rings. The number of halogens is 1. The van der Waals surface area contributed by atoms with Crippen LogP contribution in [0.5, 0.6) is 0 Å². The smallest absolute Gasteiger partial charge is 0.123 e. The van der Waals surface area contributed by atoms with E-state index >= 15 is 0 Å². The Hall–Kier alpha value is -1.97. The van der Waals surface area contributed by atoms with Crippen molar-refractivity contribution in [2.24, 2.45) is 0 Å². The number of benzene rings is 1. The molecule has 0 radical (unpaired) electrons. The Morgan fingerprint density at radius 2 is 1.60 bits per heavy atom. The Balaban J connectivity index is 2.29. The summed E-state index contributed by atoms with van der Waals surface area (Å²) >= 11 is 0. The van der Waals surface area contributed by atoms with Gasteiger partial charge in [0.1, 0.15) is 12.1 Å². The van der Waals surface area contributed by atoms with Crippen LogP contribution in [0.15, 0.2) is 43.0 Å². The summed E-state index contributed by atoms with van der Waals surface area (Å²) < 4.78 is 12.7. The molecule has 0 aliphatic heterocycles. The highest BCUT2D eigenvalue weighted by Gasteiger charge is 2.03. The molecule has 2 rings (SSSR count). The van der Waals surface area contributed by atoms with Gasteiger partial charge in [0.25, 0.3) is 0 Å². The SMILES string of the molecule is CN(c1ccc(F)cc1)c1cncnc1. The predicted molar refractivity (Wildman–Crippen MR) is 56.5 cm³/mol. The van der Waals surface area contributed by atoms with Gasteiger partial charge < -0.3 is 4.90 Å². The topological polar surface area (TPSA) is 29.0 Å². The molecule has 0 aliphatic carbocycles. The molecule has 0 saturated carbocycles. The van der Waals surface area contributed by atoms with Crippen molar-refractivity contribution in [2.75, 3.05) is 11.9 Å². The number of hydrogen-bond donors (Lipinski definition) is 0. The van der Waals surface area contributed by atoms with Crippen LogP contribution in [0.3, 0.4) is 0 Å². The van der Waals surface area contributed by atoms with E-state index in [1.807, 2.05) is 11.9 Å². The molecule has 0 atom stereocenters. The van der Waals surface area contributed by atoms with Gasteiger partial charge in [0, 0.05) is 12.7 Å². The first kappa shape index (κ1) is 9.58. The number of hydrogen-bond acceptors (Lipinski definition) is 3. The minimum Gasteiger partial charge on any atom is -0.342 e. The normalized spacial score (nSPS) is 10.0. The highest BCUT2D eigenvalue weighted by molar-refractivity contribution is 5.60. The first-order valence-corrected chi connectivity index (χ1v) is 4.51. The van der Waals surface area contributed by atoms with Gasteiger partial charge in [0.2, 0.25) is 0 Å². The van der Waals surface area contributed by atoms with Crippen LogP contribution in [0.1, 0.15) is 0 Å². The molecule has 1 aromatic heterocycles. The molecule has 4 heteroatoms. The van der Waals surface area contributed by atoms with E-state index in [1.54, 1.807) is 24.5 Å². The van der Waals surface area contributed by atoms with E-state index in [-0.39, 0.29) is 5.82 Å². The average molecular weight is 203 g/mol. The molecule has 0 fully saturated rings. The van der Waals surface area contributed by atoms with Gasteiger partial charge in [-0.3, -0.25) is 0 Å². The molecule has 0 amide bonds. The van der Waals surface area contributed by atoms with Crippen LogP contribution in [0, 0.1) is 5.82 Å². The molecular formula is C11H10FN3. The Morgan fingerprint density at radius 1 is 1.00 bits per heavy atom. The molecule has 0 saturated heterocycles. The van der Waals surface area contributed by atoms with Crippen molar-refractivity contribution in [3.05, 3.63) is 48.8 Å². The third kappa shape index (κ3) is 2.10. The quantitative estimate of drug-likeness (QED) is 0.750. The van der Waals surface area contributed by atoms with Gasteiger partial charge in [0.15, 0.2) is 0 Å². The highest BCUT2D eigenvalue weighted by Crippen LogP contribution is 2.21. The Kier molecular flexibility index (Phi) is 2.58. The summed E-state index contributed by atoms with van der Waals surface area (Å²) in [4.78, 5) is 9.73. The van der Waals surface area contributed by atoms with Crippen molar-refractivity contribution in [1.82, 2.24) is 9.97 Å². The summed E-state index contributed by atoms with van der Waals surface area (Å²) in [5.41, 5.74) is 1.76. The fourth-order valence-electron chi connectivity index (χ4n) is 1.28. The van der Waals surface area contributed by atoms with Crippen LogP contribution in [0.25, 0.3) is 0 Å². The van der Waals surface area contributed by atoms with E-state index < -0.39 is 0 Å². The van der Waals surface area contributed by atoms with Gasteiger partial charge in [-0.1, -0.05) is 0 Å². The van der Waals surface area contributed by atoms with Gasteiger partial charge in [0.05, 0.1) is 18.1 Å². The first-order chi connectivity index (χ1) is 7.27. The molecule has 0 spiro atoms. The van der Waals surface area contributed by atoms with Gasteiger partial charge in [-0.05, 0) is 24.3 Å². The van der Waals surface area contributed by atoms with Crippen molar-refractivity contribution in [2.45, 2.75) is 0 Å². The maximum absolute atomic E-state index is 12.7. The maximum atomic E-state index is 12.7. The standard InChI is InChI=1S/C11H10FN3/c1-15(11-6-13-8-14-7-11)10-4-2-9(12)3-5-10/h2-8H,1H3. The maximum Gasteiger partial charge on any atom is 0.123 e. The molecule has 0 bridgehead atoms. The van der Waals surface area contributed by atoms with Crippen LogP contribution in [0.2, 0.25) is 0 Å². The fraction of sp³-hybridized carbons (Fsp3) is 0.0909. The molecular weight excluding hydrogens is 193 g/mol. The summed E-state index contributed by atoms with van der Waals surface area (Å²) in [5, 5.41) is 0. The summed E-state index contributed by atoms with van der Waals surface area (Å²) in [5.74, 6) is -0.239. The van der Waals surface area contributed by atoms with Crippen LogP contribution in [0.4, 0.5) is 15.8 Å². The molecule has 76 valence electrons. The van der Waals surface area contributed by atoms with E-state index in [9.17, 15) is 4.39 Å². The number of nitrogens with zero attached hydrogens (tertiary/aromatic N) is 3. The highest BCUT2D eigenvalue weighted by atomic mass is 19.1. The van der Waals surface area contributed by atoms with Gasteiger partial charge in [-0.15, -0.1) is 0 Å². The lowest BCUT2D eigenvalue weighted by Crippen LogP contribution is -2.09. The minimum atomic E-state index is -0.239. The van der Waals surface area contributed by atoms with Gasteiger partial charge in [-0.2, -0.15) is 0 Å². The van der Waals surface area contributed by atoms with E-state index in [0.717, 1.165) is 11.4 Å². The van der Waals surface area contributed by atoms with Crippen molar-refractivity contribution in [1.29, 1.82) is 0 Å². The zero-order valence-electron chi connectivity index (χ0n) is 8.26. The van der Waals surface area contributed by atoms with Crippen LogP contribution >= 0.6 is 0 Å². The van der Waals surface area contributed by atoms with E-state index in [1.165, 1.54) is 18.5 Å². The second-order valence-electron chi connectivity index (χ2n) is 3.13. The third-order valence-electron chi connectivity index (χ3n) is 2.15. The zero-order chi connectivity index (χ0) is 10.7. The van der Waals surface area contributed by atoms with Crippen molar-refractivity contribution >= 4 is 11.4 Å². The van der Waals surface area contributed by atoms with Crippen molar-refractivity contribution in [3.8, 4) is 0 Å². The molecule has 15 heavy (non-hydrogen) atoms. The fourth-order valence-corrected chi connectivity index (χ4v) is 1.28. The largest absolute Gasteiger partial charge is 0.342 e. The molecule has 0 N–H and O–H groups in total. The first-order valence-electron chi connectivity index (χ1n) is 4.51. The summed E-state index contributed by atoms with van der Waals surface area (Å²) in [6, 6.07) is 6.27. The monoisotopic (exact) mass is 203 g/mol. The summed E-state index contributed by atoms with van der Waals surface area (Å²) in [6.45, 7) is 0. The van der Waals surface area contributed by atoms with Crippen molar-refractivity contribution in [3.63, 3.8) is 0 Å². The zero-order valence-corrected chi connectivity index (χ0v) is 8.26. The van der Waals surface area contributed by atoms with E-state index in [2.05, 4.69) is 9.97 Å². The molecule has 1 aromatic carbocycles. The van der Waals surface area contributed by atoms with Crippen LogP contribution in [-0.4, -0.2) is 17.0 Å². The summed E-state index contributed by atoms with van der Waals surface area (Å²) in [6.07, 6.45) is 4.88. The van der Waals surface area contributed by atoms with Crippen LogP contribution < -0.4 is 4.90 Å². The molecule has 0 unspecified atom stereocenters. The minimum absolute atomic E-state index is 0.239. The Morgan fingerprint density at radius 3 is 2.20 bits per heavy atom. The second-order valence-corrected chi connectivity index (χ2v) is 3.13. The average Bonchev–Trinajstić information content (AvgIpc) is 2.30. The van der Waals surface area contributed by atoms with Crippen molar-refractivity contribution < 1.29 is 4.39 Å². The lowest BCUT2D eigenvalue weighted by molar-refractivity contribution is 0.628. The lowest BCUT2D eigenvalue weighted by Gasteiger charge is -2.18. The summed E-state index contributed by atoms with van der Waals surface area (Å²) in [7, 11) is 1.88. The number of anilines is 2. The van der Waals surface area contributed by atoms with Gasteiger partial charge >= 0.3 is 0 Å². The lowest BCUT2D eigenvalue weighted by atomic mass is 10.3. The second kappa shape index (κ2) is 4.04. The van der Waals surface area contributed by atoms with Gasteiger partial charge in [-0.25, -0.2) is 14.4 Å². The van der Waals surface area contributed by atoms with E-state index in [4.69, 9.17) is 0 Å². The predicted octanol–water partition coefficient (Wildman–Crippen LogP) is 2.38. The van der Waals surface area contributed by atoms with E-state index in [0.29, 0.717) is 0 Å². The molecule has 3 nitrogen and oxygen atoms in total. The Labute approximate surface area is 87.2 Å². The molecule has 1 heterocycles.